The number of amides is 1. The zero-order valence-electron chi connectivity index (χ0n) is 16.2. The van der Waals surface area contributed by atoms with Crippen LogP contribution >= 0.6 is 0 Å². The molecule has 9 heteroatoms. The van der Waals surface area contributed by atoms with Crippen LogP contribution in [0.4, 0.5) is 0 Å². The van der Waals surface area contributed by atoms with Gasteiger partial charge in [-0.15, -0.1) is 0 Å². The first-order valence-corrected chi connectivity index (χ1v) is 9.61. The first-order chi connectivity index (χ1) is 13.7. The van der Waals surface area contributed by atoms with Crippen LogP contribution < -0.4 is 0 Å². The highest BCUT2D eigenvalue weighted by atomic mass is 16.5. The summed E-state index contributed by atoms with van der Waals surface area (Å²) in [6.45, 7) is 2.93. The number of fused-ring (bicyclic) bond motifs is 1. The topological polar surface area (TPSA) is 99.2 Å². The Balaban J connectivity index is 1.52. The summed E-state index contributed by atoms with van der Waals surface area (Å²) in [5, 5.41) is 3.83. The van der Waals surface area contributed by atoms with Gasteiger partial charge in [-0.1, -0.05) is 18.0 Å². The lowest BCUT2D eigenvalue weighted by Crippen LogP contribution is -2.30. The number of nitrogens with zero attached hydrogens (tertiary/aromatic N) is 6. The number of pyridine rings is 1. The van der Waals surface area contributed by atoms with Gasteiger partial charge in [0, 0.05) is 25.9 Å². The van der Waals surface area contributed by atoms with E-state index in [2.05, 4.69) is 24.7 Å². The van der Waals surface area contributed by atoms with Crippen LogP contribution in [0.25, 0.3) is 11.2 Å². The second kappa shape index (κ2) is 8.05. The first kappa shape index (κ1) is 18.5. The summed E-state index contributed by atoms with van der Waals surface area (Å²) in [5.41, 5.74) is 2.09. The molecule has 4 rings (SSSR count). The van der Waals surface area contributed by atoms with Crippen molar-refractivity contribution in [3.63, 3.8) is 0 Å². The molecule has 0 unspecified atom stereocenters. The molecular formula is C19H24N6O3. The molecule has 3 aromatic rings. The number of ether oxygens (including phenoxy) is 1. The van der Waals surface area contributed by atoms with Crippen molar-refractivity contribution in [3.05, 3.63) is 35.9 Å². The van der Waals surface area contributed by atoms with Crippen molar-refractivity contribution < 1.29 is 14.1 Å². The fourth-order valence-corrected chi connectivity index (χ4v) is 3.70. The molecule has 1 fully saturated rings. The number of carbonyl (C=O) groups is 1. The molecule has 0 bridgehead atoms. The van der Waals surface area contributed by atoms with E-state index >= 15 is 0 Å². The number of methoxy groups -OCH3 is 1. The van der Waals surface area contributed by atoms with Gasteiger partial charge >= 0.3 is 0 Å². The summed E-state index contributed by atoms with van der Waals surface area (Å²) < 4.78 is 12.3. The molecule has 0 spiro atoms. The minimum Gasteiger partial charge on any atom is -0.377 e. The normalized spacial score (nSPS) is 14.8. The summed E-state index contributed by atoms with van der Waals surface area (Å²) in [6.07, 6.45) is 8.28. The van der Waals surface area contributed by atoms with Crippen molar-refractivity contribution in [1.29, 1.82) is 0 Å². The van der Waals surface area contributed by atoms with E-state index < -0.39 is 0 Å². The largest absolute Gasteiger partial charge is 0.377 e. The van der Waals surface area contributed by atoms with E-state index in [1.54, 1.807) is 18.2 Å². The molecule has 1 aliphatic rings. The third-order valence-electron chi connectivity index (χ3n) is 5.16. The van der Waals surface area contributed by atoms with Gasteiger partial charge in [-0.05, 0) is 25.8 Å². The van der Waals surface area contributed by atoms with E-state index in [9.17, 15) is 4.79 Å². The van der Waals surface area contributed by atoms with Crippen molar-refractivity contribution in [3.8, 4) is 0 Å². The van der Waals surface area contributed by atoms with Crippen LogP contribution in [-0.4, -0.2) is 49.1 Å². The first-order valence-electron chi connectivity index (χ1n) is 9.61. The second-order valence-corrected chi connectivity index (χ2v) is 7.01. The average Bonchev–Trinajstić information content (AvgIpc) is 3.45. The molecular weight excluding hydrogens is 360 g/mol. The molecule has 0 atom stereocenters. The molecule has 148 valence electrons. The summed E-state index contributed by atoms with van der Waals surface area (Å²) in [5.74, 6) is 0.696. The fraction of sp³-hybridized carbons (Fsp3) is 0.526. The highest BCUT2D eigenvalue weighted by molar-refractivity contribution is 5.96. The summed E-state index contributed by atoms with van der Waals surface area (Å²) >= 11 is 0. The highest BCUT2D eigenvalue weighted by Gasteiger charge is 2.22. The average molecular weight is 384 g/mol. The lowest BCUT2D eigenvalue weighted by Gasteiger charge is -2.18. The van der Waals surface area contributed by atoms with Gasteiger partial charge in [0.15, 0.2) is 11.5 Å². The smallest absolute Gasteiger partial charge is 0.255 e. The maximum absolute atomic E-state index is 13.0. The number of aromatic nitrogens is 5. The zero-order chi connectivity index (χ0) is 19.5. The van der Waals surface area contributed by atoms with Gasteiger partial charge < -0.3 is 18.7 Å². The van der Waals surface area contributed by atoms with Gasteiger partial charge in [-0.2, -0.15) is 4.98 Å². The number of hydrogen-bond donors (Lipinski definition) is 0. The Kier molecular flexibility index (Phi) is 5.34. The molecule has 0 N–H and O–H groups in total. The van der Waals surface area contributed by atoms with Crippen molar-refractivity contribution in [2.75, 3.05) is 13.7 Å². The number of imidazole rings is 1. The van der Waals surface area contributed by atoms with Gasteiger partial charge in [0.1, 0.15) is 18.7 Å². The van der Waals surface area contributed by atoms with Gasteiger partial charge in [0.25, 0.3) is 5.91 Å². The molecule has 1 amide bonds. The molecule has 0 aliphatic heterocycles. The quantitative estimate of drug-likeness (QED) is 0.617. The molecule has 0 aromatic carbocycles. The molecule has 3 aromatic heterocycles. The summed E-state index contributed by atoms with van der Waals surface area (Å²) in [7, 11) is 1.56. The Morgan fingerprint density at radius 3 is 2.93 bits per heavy atom. The van der Waals surface area contributed by atoms with E-state index in [0.717, 1.165) is 24.0 Å². The Hall–Kier alpha value is -2.81. The minimum absolute atomic E-state index is 0.140. The molecule has 28 heavy (non-hydrogen) atoms. The van der Waals surface area contributed by atoms with Gasteiger partial charge in [-0.25, -0.2) is 9.97 Å². The van der Waals surface area contributed by atoms with E-state index in [-0.39, 0.29) is 19.1 Å². The van der Waals surface area contributed by atoms with E-state index in [0.29, 0.717) is 29.9 Å². The maximum Gasteiger partial charge on any atom is 0.255 e. The predicted octanol–water partition coefficient (Wildman–Crippen LogP) is 2.74. The van der Waals surface area contributed by atoms with E-state index in [1.807, 2.05) is 19.3 Å². The van der Waals surface area contributed by atoms with Crippen molar-refractivity contribution in [2.24, 2.45) is 0 Å². The molecule has 1 aliphatic carbocycles. The Labute approximate surface area is 162 Å². The molecule has 0 saturated heterocycles. The van der Waals surface area contributed by atoms with Crippen molar-refractivity contribution in [1.82, 2.24) is 29.6 Å². The summed E-state index contributed by atoms with van der Waals surface area (Å²) in [6, 6.07) is 2.27. The van der Waals surface area contributed by atoms with E-state index in [4.69, 9.17) is 9.26 Å². The van der Waals surface area contributed by atoms with Gasteiger partial charge in [-0.3, -0.25) is 4.79 Å². The van der Waals surface area contributed by atoms with Crippen LogP contribution in [-0.2, 0) is 17.9 Å². The Morgan fingerprint density at radius 1 is 1.36 bits per heavy atom. The Bertz CT molecular complexity index is 960. The number of rotatable bonds is 7. The fourth-order valence-electron chi connectivity index (χ4n) is 3.70. The third-order valence-corrected chi connectivity index (χ3v) is 5.16. The maximum atomic E-state index is 13.0. The van der Waals surface area contributed by atoms with Crippen LogP contribution in [0.15, 0.2) is 23.1 Å². The van der Waals surface area contributed by atoms with Crippen LogP contribution in [0, 0.1) is 0 Å². The van der Waals surface area contributed by atoms with Crippen LogP contribution in [0.3, 0.4) is 0 Å². The van der Waals surface area contributed by atoms with Crippen LogP contribution in [0.1, 0.15) is 60.7 Å². The molecule has 9 nitrogen and oxygen atoms in total. The SMILES string of the molecule is CCN(Cc1nc(COC)no1)C(=O)c1cnc2c(c1)ncn2C1CCCC1. The standard InChI is InChI=1S/C19H24N6O3/c1-3-24(10-17-22-16(11-27-2)23-28-17)19(26)13-8-15-18(20-9-13)25(12-21-15)14-6-4-5-7-14/h8-9,12,14H,3-7,10-11H2,1-2H3. The second-order valence-electron chi connectivity index (χ2n) is 7.01. The van der Waals surface area contributed by atoms with Crippen LogP contribution in [0.2, 0.25) is 0 Å². The minimum atomic E-state index is -0.140. The van der Waals surface area contributed by atoms with Crippen molar-refractivity contribution >= 4 is 17.1 Å². The van der Waals surface area contributed by atoms with Crippen LogP contribution in [0.5, 0.6) is 0 Å². The van der Waals surface area contributed by atoms with Gasteiger partial charge in [0.2, 0.25) is 5.89 Å². The predicted molar refractivity (Wildman–Crippen MR) is 100 cm³/mol. The lowest BCUT2D eigenvalue weighted by atomic mass is 10.2. The molecule has 3 heterocycles. The van der Waals surface area contributed by atoms with Crippen molar-refractivity contribution in [2.45, 2.75) is 51.8 Å². The van der Waals surface area contributed by atoms with Gasteiger partial charge in [0.05, 0.1) is 11.9 Å². The number of hydrogen-bond acceptors (Lipinski definition) is 7. The molecule has 1 saturated carbocycles. The highest BCUT2D eigenvalue weighted by Crippen LogP contribution is 2.31. The third kappa shape index (κ3) is 3.62. The van der Waals surface area contributed by atoms with E-state index in [1.165, 1.54) is 12.8 Å². The number of carbonyl (C=O) groups excluding carboxylic acids is 1. The summed E-state index contributed by atoms with van der Waals surface area (Å²) in [4.78, 5) is 27.8. The lowest BCUT2D eigenvalue weighted by molar-refractivity contribution is 0.0734. The molecule has 0 radical (unpaired) electrons. The zero-order valence-corrected chi connectivity index (χ0v) is 16.2. The monoisotopic (exact) mass is 384 g/mol. The Morgan fingerprint density at radius 2 is 2.18 bits per heavy atom.